The Balaban J connectivity index is 1.44. The first-order valence-electron chi connectivity index (χ1n) is 10.3. The van der Waals surface area contributed by atoms with E-state index in [0.717, 1.165) is 42.0 Å². The highest BCUT2D eigenvalue weighted by Crippen LogP contribution is 2.26. The second kappa shape index (κ2) is 9.70. The fourth-order valence-corrected chi connectivity index (χ4v) is 4.25. The number of amidine groups is 1. The summed E-state index contributed by atoms with van der Waals surface area (Å²) in [6, 6.07) is 6.22. The molecule has 1 aromatic heterocycles. The molecule has 2 aliphatic rings. The van der Waals surface area contributed by atoms with Gasteiger partial charge in [-0.25, -0.2) is 13.8 Å². The lowest BCUT2D eigenvalue weighted by atomic mass is 9.98. The van der Waals surface area contributed by atoms with Crippen molar-refractivity contribution < 1.29 is 14.0 Å². The number of aromatic nitrogens is 1. The van der Waals surface area contributed by atoms with Crippen molar-refractivity contribution in [2.75, 3.05) is 31.5 Å². The largest absolute Gasteiger partial charge is 0.411 e. The molecule has 1 unspecified atom stereocenters. The van der Waals surface area contributed by atoms with Gasteiger partial charge >= 0.3 is 0 Å². The molecule has 1 fully saturated rings. The second-order valence-corrected chi connectivity index (χ2v) is 8.24. The van der Waals surface area contributed by atoms with E-state index in [-0.39, 0.29) is 5.02 Å². The van der Waals surface area contributed by atoms with Gasteiger partial charge in [0.05, 0.1) is 17.3 Å². The molecule has 0 radical (unpaired) electrons. The number of likely N-dealkylation sites (tertiary alicyclic amines) is 1. The minimum Gasteiger partial charge on any atom is -0.411 e. The molecule has 2 N–H and O–H groups in total. The van der Waals surface area contributed by atoms with Crippen molar-refractivity contribution >= 4 is 29.0 Å². The number of nitrogens with one attached hydrogen (secondary N) is 1. The maximum Gasteiger partial charge on any atom is 0.141 e. The molecule has 3 heterocycles. The maximum absolute atomic E-state index is 13.5. The van der Waals surface area contributed by atoms with Gasteiger partial charge in [-0.15, -0.1) is 0 Å². The van der Waals surface area contributed by atoms with Gasteiger partial charge in [-0.05, 0) is 43.1 Å². The maximum atomic E-state index is 13.5. The summed E-state index contributed by atoms with van der Waals surface area (Å²) in [5.41, 5.74) is 2.81. The van der Waals surface area contributed by atoms with Crippen LogP contribution < -0.4 is 5.32 Å². The third kappa shape index (κ3) is 5.19. The Hall–Kier alpha value is -2.58. The second-order valence-electron chi connectivity index (χ2n) is 7.83. The summed E-state index contributed by atoms with van der Waals surface area (Å²) in [6.45, 7) is 2.69. The van der Waals surface area contributed by atoms with Crippen LogP contribution in [0.15, 0.2) is 40.6 Å². The van der Waals surface area contributed by atoms with E-state index in [4.69, 9.17) is 11.6 Å². The number of fused-ring (bicyclic) bond motifs is 1. The summed E-state index contributed by atoms with van der Waals surface area (Å²) in [7, 11) is 0. The van der Waals surface area contributed by atoms with Gasteiger partial charge < -0.3 is 10.5 Å². The zero-order chi connectivity index (χ0) is 21.8. The van der Waals surface area contributed by atoms with Gasteiger partial charge in [-0.2, -0.15) is 0 Å². The van der Waals surface area contributed by atoms with Crippen molar-refractivity contribution in [1.29, 1.82) is 0 Å². The molecule has 6 nitrogen and oxygen atoms in total. The molecule has 2 aromatic rings. The smallest absolute Gasteiger partial charge is 0.141 e. The van der Waals surface area contributed by atoms with Crippen molar-refractivity contribution in [2.24, 2.45) is 10.1 Å². The van der Waals surface area contributed by atoms with E-state index in [1.54, 1.807) is 18.3 Å². The van der Waals surface area contributed by atoms with Crippen LogP contribution in [0, 0.1) is 5.82 Å². The van der Waals surface area contributed by atoms with Crippen LogP contribution in [0.1, 0.15) is 29.5 Å². The molecule has 0 aliphatic carbocycles. The third-order valence-corrected chi connectivity index (χ3v) is 5.91. The molecule has 4 rings (SSSR count). The number of pyridine rings is 1. The summed E-state index contributed by atoms with van der Waals surface area (Å²) in [5.74, 6) is 0.969. The number of aliphatic imine (C=N–C) groups is 1. The first-order valence-corrected chi connectivity index (χ1v) is 10.7. The lowest BCUT2D eigenvalue weighted by Gasteiger charge is -2.28. The minimum atomic E-state index is -0.741. The predicted octanol–water partition coefficient (Wildman–Crippen LogP) is 4.10. The molecule has 31 heavy (non-hydrogen) atoms. The molecule has 0 bridgehead atoms. The first-order chi connectivity index (χ1) is 15.0. The molecular formula is C22H24ClF2N5O. The monoisotopic (exact) mass is 447 g/mol. The first kappa shape index (κ1) is 21.6. The van der Waals surface area contributed by atoms with Crippen LogP contribution in [0.5, 0.6) is 0 Å². The zero-order valence-electron chi connectivity index (χ0n) is 17.0. The summed E-state index contributed by atoms with van der Waals surface area (Å²) < 4.78 is 27.0. The summed E-state index contributed by atoms with van der Waals surface area (Å²) in [4.78, 5) is 11.1. The number of anilines is 1. The van der Waals surface area contributed by atoms with E-state index >= 15 is 0 Å². The number of hydrogen-bond donors (Lipinski definition) is 2. The summed E-state index contributed by atoms with van der Waals surface area (Å²) >= 11 is 5.87. The quantitative estimate of drug-likeness (QED) is 0.397. The number of alkyl halides is 1. The van der Waals surface area contributed by atoms with Gasteiger partial charge in [0.1, 0.15) is 23.6 Å². The third-order valence-electron chi connectivity index (χ3n) is 5.62. The van der Waals surface area contributed by atoms with E-state index in [9.17, 15) is 14.0 Å². The van der Waals surface area contributed by atoms with Crippen LogP contribution in [0.4, 0.5) is 14.6 Å². The highest BCUT2D eigenvalue weighted by atomic mass is 35.5. The SMILES string of the molecule is O/N=C(\Cc1ccc(F)c(Cl)c1)c1ccnc2c1CC(=NCCN1CCCC(F)C1)N2. The van der Waals surface area contributed by atoms with Crippen molar-refractivity contribution in [1.82, 2.24) is 9.88 Å². The highest BCUT2D eigenvalue weighted by molar-refractivity contribution is 6.30. The highest BCUT2D eigenvalue weighted by Gasteiger charge is 2.24. The van der Waals surface area contributed by atoms with Crippen LogP contribution >= 0.6 is 11.6 Å². The van der Waals surface area contributed by atoms with Crippen LogP contribution in [0.2, 0.25) is 5.02 Å². The van der Waals surface area contributed by atoms with E-state index in [1.165, 1.54) is 12.1 Å². The average Bonchev–Trinajstić information content (AvgIpc) is 3.18. The Bertz CT molecular complexity index is 1010. The average molecular weight is 448 g/mol. The Morgan fingerprint density at radius 1 is 1.35 bits per heavy atom. The Morgan fingerprint density at radius 2 is 2.23 bits per heavy atom. The van der Waals surface area contributed by atoms with Gasteiger partial charge in [-0.3, -0.25) is 9.89 Å². The topological polar surface area (TPSA) is 73.1 Å². The predicted molar refractivity (Wildman–Crippen MR) is 118 cm³/mol. The Morgan fingerprint density at radius 3 is 3.00 bits per heavy atom. The molecule has 0 saturated carbocycles. The standard InChI is InChI=1S/C22H24ClF2N5O/c23-18-10-14(3-4-19(18)25)11-20(29-31)16-5-6-27-22-17(16)12-21(28-22)26-7-9-30-8-1-2-15(24)13-30/h3-6,10,15,31H,1-2,7-9,11-13H2,(H,26,27,28)/b29-20+. The van der Waals surface area contributed by atoms with Crippen LogP contribution in [-0.4, -0.2) is 59.0 Å². The number of piperidine rings is 1. The number of hydrogen-bond acceptors (Lipinski definition) is 5. The lowest BCUT2D eigenvalue weighted by molar-refractivity contribution is 0.142. The Labute approximate surface area is 184 Å². The molecule has 1 saturated heterocycles. The molecule has 164 valence electrons. The van der Waals surface area contributed by atoms with Crippen LogP contribution in [0.25, 0.3) is 0 Å². The van der Waals surface area contributed by atoms with E-state index < -0.39 is 12.0 Å². The fraction of sp³-hybridized carbons (Fsp3) is 0.409. The number of halogens is 3. The number of nitrogens with zero attached hydrogens (tertiary/aromatic N) is 4. The Kier molecular flexibility index (Phi) is 6.77. The molecule has 9 heteroatoms. The molecular weight excluding hydrogens is 424 g/mol. The number of oxime groups is 1. The summed E-state index contributed by atoms with van der Waals surface area (Å²) in [6.07, 6.45) is 3.26. The van der Waals surface area contributed by atoms with Gasteiger partial charge in [-0.1, -0.05) is 22.8 Å². The van der Waals surface area contributed by atoms with E-state index in [0.29, 0.717) is 43.9 Å². The van der Waals surface area contributed by atoms with E-state index in [2.05, 4.69) is 25.3 Å². The van der Waals surface area contributed by atoms with Gasteiger partial charge in [0.15, 0.2) is 0 Å². The number of rotatable bonds is 6. The molecule has 0 spiro atoms. The molecule has 1 aromatic carbocycles. The van der Waals surface area contributed by atoms with E-state index in [1.807, 2.05) is 0 Å². The van der Waals surface area contributed by atoms with Gasteiger partial charge in [0.25, 0.3) is 0 Å². The summed E-state index contributed by atoms with van der Waals surface area (Å²) in [5, 5.41) is 16.4. The lowest BCUT2D eigenvalue weighted by Crippen LogP contribution is -2.38. The van der Waals surface area contributed by atoms with Gasteiger partial charge in [0.2, 0.25) is 0 Å². The zero-order valence-corrected chi connectivity index (χ0v) is 17.7. The molecule has 2 aliphatic heterocycles. The number of benzene rings is 1. The molecule has 0 amide bonds. The van der Waals surface area contributed by atoms with Crippen molar-refractivity contribution in [3.63, 3.8) is 0 Å². The minimum absolute atomic E-state index is 0.0265. The van der Waals surface area contributed by atoms with Crippen LogP contribution in [0.3, 0.4) is 0 Å². The van der Waals surface area contributed by atoms with Crippen LogP contribution in [-0.2, 0) is 12.8 Å². The van der Waals surface area contributed by atoms with Crippen molar-refractivity contribution in [3.05, 3.63) is 58.0 Å². The van der Waals surface area contributed by atoms with Gasteiger partial charge in [0, 0.05) is 43.3 Å². The van der Waals surface area contributed by atoms with Crippen molar-refractivity contribution in [2.45, 2.75) is 31.9 Å². The molecule has 1 atom stereocenters. The normalized spacial score (nSPS) is 20.7. The van der Waals surface area contributed by atoms with Crippen molar-refractivity contribution in [3.8, 4) is 0 Å². The fourth-order valence-electron chi connectivity index (χ4n) is 4.05.